The summed E-state index contributed by atoms with van der Waals surface area (Å²) >= 11 is 12.0. The van der Waals surface area contributed by atoms with Crippen LogP contribution in [0.15, 0.2) is 21.2 Å². The zero-order chi connectivity index (χ0) is 11.2. The van der Waals surface area contributed by atoms with Crippen molar-refractivity contribution in [3.05, 3.63) is 37.9 Å². The van der Waals surface area contributed by atoms with E-state index in [1.54, 1.807) is 0 Å². The van der Waals surface area contributed by atoms with Crippen LogP contribution in [-0.2, 0) is 0 Å². The van der Waals surface area contributed by atoms with Gasteiger partial charge >= 0.3 is 0 Å². The van der Waals surface area contributed by atoms with Gasteiger partial charge in [-0.2, -0.15) is 0 Å². The minimum Gasteiger partial charge on any atom is -0.251 e. The van der Waals surface area contributed by atoms with Crippen LogP contribution in [-0.4, -0.2) is 4.98 Å². The molecule has 6 heteroatoms. The minimum atomic E-state index is -0.719. The number of nitrogens with zero attached hydrogens (tertiary/aromatic N) is 1. The lowest BCUT2D eigenvalue weighted by Crippen LogP contribution is -1.91. The van der Waals surface area contributed by atoms with E-state index < -0.39 is 11.6 Å². The van der Waals surface area contributed by atoms with Gasteiger partial charge in [-0.3, -0.25) is 4.98 Å². The van der Waals surface area contributed by atoms with Crippen molar-refractivity contribution in [3.63, 3.8) is 0 Å². The topological polar surface area (TPSA) is 12.9 Å². The van der Waals surface area contributed by atoms with E-state index in [4.69, 9.17) is 11.6 Å². The third-order valence-electron chi connectivity index (χ3n) is 1.88. The monoisotopic (exact) mass is 355 g/mol. The Kier molecular flexibility index (Phi) is 2.96. The van der Waals surface area contributed by atoms with Crippen molar-refractivity contribution in [2.24, 2.45) is 0 Å². The third kappa shape index (κ3) is 1.77. The predicted octanol–water partition coefficient (Wildman–Crippen LogP) is 4.69. The first-order valence-electron chi connectivity index (χ1n) is 3.79. The Balaban J connectivity index is 3.04. The first-order valence-corrected chi connectivity index (χ1v) is 5.76. The molecule has 0 bridgehead atoms. The fraction of sp³-hybridized carbons (Fsp3) is 0. The van der Waals surface area contributed by atoms with Crippen LogP contribution in [0.3, 0.4) is 0 Å². The zero-order valence-corrected chi connectivity index (χ0v) is 10.9. The highest BCUT2D eigenvalue weighted by Crippen LogP contribution is 2.36. The maximum absolute atomic E-state index is 13.4. The lowest BCUT2D eigenvalue weighted by molar-refractivity contribution is 0.586. The van der Waals surface area contributed by atoms with Gasteiger partial charge in [0.25, 0.3) is 0 Å². The van der Waals surface area contributed by atoms with Crippen LogP contribution in [0.2, 0.25) is 5.02 Å². The maximum Gasteiger partial charge on any atom is 0.152 e. The van der Waals surface area contributed by atoms with E-state index in [1.807, 2.05) is 0 Å². The molecule has 2 rings (SSSR count). The molecule has 2 aromatic rings. The number of pyridine rings is 1. The Morgan fingerprint density at radius 2 is 1.80 bits per heavy atom. The van der Waals surface area contributed by atoms with E-state index in [0.29, 0.717) is 14.9 Å². The number of rotatable bonds is 0. The van der Waals surface area contributed by atoms with Crippen molar-refractivity contribution >= 4 is 54.4 Å². The van der Waals surface area contributed by atoms with Crippen LogP contribution in [0.5, 0.6) is 0 Å². The van der Waals surface area contributed by atoms with Crippen molar-refractivity contribution in [3.8, 4) is 0 Å². The molecule has 1 nitrogen and oxygen atoms in total. The van der Waals surface area contributed by atoms with Gasteiger partial charge in [-0.05, 0) is 31.9 Å². The summed E-state index contributed by atoms with van der Waals surface area (Å²) in [5, 5.41) is 0.591. The molecular weight excluding hydrogens is 355 g/mol. The largest absolute Gasteiger partial charge is 0.251 e. The van der Waals surface area contributed by atoms with Crippen LogP contribution in [0.1, 0.15) is 0 Å². The quantitative estimate of drug-likeness (QED) is 0.623. The number of halogens is 5. The van der Waals surface area contributed by atoms with Crippen molar-refractivity contribution in [1.82, 2.24) is 4.98 Å². The van der Waals surface area contributed by atoms with Crippen molar-refractivity contribution in [2.45, 2.75) is 0 Å². The first kappa shape index (κ1) is 11.2. The van der Waals surface area contributed by atoms with E-state index in [2.05, 4.69) is 36.8 Å². The van der Waals surface area contributed by atoms with Gasteiger partial charge in [-0.25, -0.2) is 8.78 Å². The second kappa shape index (κ2) is 3.96. The van der Waals surface area contributed by atoms with Gasteiger partial charge in [0.2, 0.25) is 0 Å². The lowest BCUT2D eigenvalue weighted by Gasteiger charge is -2.06. The SMILES string of the molecule is Fc1cc(F)c2ncc(Cl)c(Br)c2c1Br. The van der Waals surface area contributed by atoms with Crippen LogP contribution < -0.4 is 0 Å². The molecule has 0 N–H and O–H groups in total. The fourth-order valence-electron chi connectivity index (χ4n) is 1.21. The van der Waals surface area contributed by atoms with Gasteiger partial charge in [0.15, 0.2) is 5.82 Å². The molecule has 78 valence electrons. The summed E-state index contributed by atoms with van der Waals surface area (Å²) in [4.78, 5) is 3.81. The normalized spacial score (nSPS) is 11.0. The number of fused-ring (bicyclic) bond motifs is 1. The Morgan fingerprint density at radius 3 is 2.47 bits per heavy atom. The Hall–Kier alpha value is -0.260. The zero-order valence-electron chi connectivity index (χ0n) is 6.99. The average molecular weight is 357 g/mol. The van der Waals surface area contributed by atoms with Gasteiger partial charge in [0, 0.05) is 22.1 Å². The van der Waals surface area contributed by atoms with Gasteiger partial charge < -0.3 is 0 Å². The summed E-state index contributed by atoms with van der Waals surface area (Å²) in [5.74, 6) is -1.41. The standard InChI is InChI=1S/C9H2Br2ClF2N/c10-7-3(12)2-15-9-5(14)1-4(13)8(11)6(7)9/h1-2H. The van der Waals surface area contributed by atoms with Gasteiger partial charge in [0.1, 0.15) is 11.3 Å². The molecule has 0 aliphatic carbocycles. The summed E-state index contributed by atoms with van der Waals surface area (Å²) < 4.78 is 27.1. The highest BCUT2D eigenvalue weighted by atomic mass is 79.9. The van der Waals surface area contributed by atoms with Crippen molar-refractivity contribution in [2.75, 3.05) is 0 Å². The molecule has 0 radical (unpaired) electrons. The second-order valence-electron chi connectivity index (χ2n) is 2.80. The smallest absolute Gasteiger partial charge is 0.152 e. The highest BCUT2D eigenvalue weighted by Gasteiger charge is 2.15. The van der Waals surface area contributed by atoms with E-state index in [-0.39, 0.29) is 9.99 Å². The Bertz CT molecular complexity index is 551. The summed E-state index contributed by atoms with van der Waals surface area (Å²) in [6.07, 6.45) is 1.31. The number of hydrogen-bond donors (Lipinski definition) is 0. The van der Waals surface area contributed by atoms with Crippen LogP contribution in [0.4, 0.5) is 8.78 Å². The van der Waals surface area contributed by atoms with Crippen LogP contribution >= 0.6 is 43.5 Å². The van der Waals surface area contributed by atoms with Crippen LogP contribution in [0, 0.1) is 11.6 Å². The molecule has 1 aromatic carbocycles. The first-order chi connectivity index (χ1) is 7.02. The Labute approximate surface area is 106 Å². The molecule has 1 heterocycles. The number of benzene rings is 1. The molecule has 0 saturated heterocycles. The van der Waals surface area contributed by atoms with Crippen molar-refractivity contribution in [1.29, 1.82) is 0 Å². The molecule has 0 saturated carbocycles. The number of aromatic nitrogens is 1. The molecule has 0 aliphatic heterocycles. The van der Waals surface area contributed by atoms with E-state index in [9.17, 15) is 8.78 Å². The van der Waals surface area contributed by atoms with E-state index in [1.165, 1.54) is 6.20 Å². The highest BCUT2D eigenvalue weighted by molar-refractivity contribution is 9.11. The molecule has 0 atom stereocenters. The van der Waals surface area contributed by atoms with Gasteiger partial charge in [-0.15, -0.1) is 0 Å². The van der Waals surface area contributed by atoms with Crippen molar-refractivity contribution < 1.29 is 8.78 Å². The van der Waals surface area contributed by atoms with Gasteiger partial charge in [0.05, 0.1) is 9.50 Å². The second-order valence-corrected chi connectivity index (χ2v) is 4.79. The molecule has 0 amide bonds. The van der Waals surface area contributed by atoms with Crippen LogP contribution in [0.25, 0.3) is 10.9 Å². The molecule has 15 heavy (non-hydrogen) atoms. The molecular formula is C9H2Br2ClF2N. The molecule has 0 unspecified atom stereocenters. The van der Waals surface area contributed by atoms with E-state index in [0.717, 1.165) is 6.07 Å². The summed E-state index contributed by atoms with van der Waals surface area (Å²) in [6, 6.07) is 0.778. The van der Waals surface area contributed by atoms with E-state index >= 15 is 0 Å². The average Bonchev–Trinajstić information content (AvgIpc) is 2.19. The summed E-state index contributed by atoms with van der Waals surface area (Å²) in [6.45, 7) is 0. The molecule has 0 fully saturated rings. The predicted molar refractivity (Wildman–Crippen MR) is 62.1 cm³/mol. The minimum absolute atomic E-state index is 0.0690. The lowest BCUT2D eigenvalue weighted by atomic mass is 10.2. The molecule has 0 spiro atoms. The van der Waals surface area contributed by atoms with Gasteiger partial charge in [-0.1, -0.05) is 11.6 Å². The maximum atomic E-state index is 13.4. The third-order valence-corrected chi connectivity index (χ3v) is 4.00. The number of hydrogen-bond acceptors (Lipinski definition) is 1. The molecule has 1 aromatic heterocycles. The molecule has 0 aliphatic rings. The Morgan fingerprint density at radius 1 is 1.13 bits per heavy atom. The summed E-state index contributed by atoms with van der Waals surface area (Å²) in [7, 11) is 0. The fourth-order valence-corrected chi connectivity index (χ4v) is 2.61. The summed E-state index contributed by atoms with van der Waals surface area (Å²) in [5.41, 5.74) is 0.0690.